The van der Waals surface area contributed by atoms with Crippen molar-refractivity contribution in [3.8, 4) is 0 Å². The van der Waals surface area contributed by atoms with Crippen molar-refractivity contribution in [2.24, 2.45) is 5.92 Å². The minimum absolute atomic E-state index is 0.00464. The Labute approximate surface area is 226 Å². The maximum Gasteiger partial charge on any atom is 0.338 e. The second-order valence-electron chi connectivity index (χ2n) is 10.1. The highest BCUT2D eigenvalue weighted by atomic mass is 16.5. The summed E-state index contributed by atoms with van der Waals surface area (Å²) in [6.07, 6.45) is 1.25. The summed E-state index contributed by atoms with van der Waals surface area (Å²) in [4.78, 5) is 52.9. The van der Waals surface area contributed by atoms with Crippen LogP contribution in [0.15, 0.2) is 77.6 Å². The summed E-state index contributed by atoms with van der Waals surface area (Å²) in [6.45, 7) is 3.62. The molecule has 202 valence electrons. The highest BCUT2D eigenvalue weighted by Crippen LogP contribution is 2.34. The number of pyridine rings is 1. The van der Waals surface area contributed by atoms with Gasteiger partial charge in [-0.05, 0) is 55.2 Å². The number of aromatic nitrogens is 1. The summed E-state index contributed by atoms with van der Waals surface area (Å²) in [5.41, 5.74) is 2.77. The van der Waals surface area contributed by atoms with Crippen LogP contribution >= 0.6 is 0 Å². The average Bonchev–Trinajstić information content (AvgIpc) is 2.94. The number of benzene rings is 2. The van der Waals surface area contributed by atoms with Gasteiger partial charge < -0.3 is 24.8 Å². The van der Waals surface area contributed by atoms with Gasteiger partial charge in [-0.25, -0.2) is 9.59 Å². The third-order valence-corrected chi connectivity index (χ3v) is 7.33. The van der Waals surface area contributed by atoms with Crippen LogP contribution in [0.2, 0.25) is 0 Å². The number of carbonyl (C=O) groups is 3. The van der Waals surface area contributed by atoms with Crippen molar-refractivity contribution in [1.82, 2.24) is 14.8 Å². The van der Waals surface area contributed by atoms with Gasteiger partial charge in [0, 0.05) is 49.4 Å². The summed E-state index contributed by atoms with van der Waals surface area (Å²) in [5.74, 6) is -0.522. The van der Waals surface area contributed by atoms with Gasteiger partial charge in [0.25, 0.3) is 5.56 Å². The van der Waals surface area contributed by atoms with Crippen LogP contribution in [0.25, 0.3) is 0 Å². The van der Waals surface area contributed by atoms with Gasteiger partial charge in [0.15, 0.2) is 0 Å². The average molecular weight is 529 g/mol. The van der Waals surface area contributed by atoms with Gasteiger partial charge in [-0.1, -0.05) is 36.4 Å². The van der Waals surface area contributed by atoms with Crippen LogP contribution < -0.4 is 16.2 Å². The number of carbonyl (C=O) groups excluding carboxylic acids is 3. The fourth-order valence-corrected chi connectivity index (χ4v) is 5.50. The minimum atomic E-state index is -0.818. The van der Waals surface area contributed by atoms with Gasteiger partial charge in [0.1, 0.15) is 6.04 Å². The van der Waals surface area contributed by atoms with Crippen molar-refractivity contribution >= 4 is 23.6 Å². The summed E-state index contributed by atoms with van der Waals surface area (Å²) in [6, 6.07) is 20.2. The lowest BCUT2D eigenvalue weighted by atomic mass is 9.83. The summed E-state index contributed by atoms with van der Waals surface area (Å²) in [7, 11) is 0. The Morgan fingerprint density at radius 1 is 0.949 bits per heavy atom. The van der Waals surface area contributed by atoms with Crippen LogP contribution in [0.4, 0.5) is 10.5 Å². The molecule has 2 bridgehead atoms. The highest BCUT2D eigenvalue weighted by Gasteiger charge is 2.37. The monoisotopic (exact) mass is 528 g/mol. The molecule has 3 aromatic rings. The van der Waals surface area contributed by atoms with Gasteiger partial charge in [0.2, 0.25) is 5.91 Å². The van der Waals surface area contributed by atoms with E-state index >= 15 is 0 Å². The van der Waals surface area contributed by atoms with Gasteiger partial charge in [-0.15, -0.1) is 0 Å². The zero-order valence-electron chi connectivity index (χ0n) is 21.8. The highest BCUT2D eigenvalue weighted by molar-refractivity contribution is 5.98. The van der Waals surface area contributed by atoms with Crippen molar-refractivity contribution < 1.29 is 19.1 Å². The molecule has 9 nitrogen and oxygen atoms in total. The Hall–Kier alpha value is -4.40. The first kappa shape index (κ1) is 26.2. The molecule has 0 aliphatic carbocycles. The van der Waals surface area contributed by atoms with Crippen LogP contribution in [-0.2, 0) is 22.5 Å². The number of nitrogens with zero attached hydrogens (tertiary/aromatic N) is 2. The standard InChI is InChI=1S/C30H32N4O5/c1-2-39-29(37)22-11-13-24(14-12-22)31-28(36)25(16-20-7-4-3-5-8-20)32-30(38)33-17-21-15-23(19-33)26-9-6-10-27(35)34(26)18-21/h3-14,21,23,25H,2,15-19H2,1H3,(H,31,36)(H,32,38)/t21-,23?,25+/m1/s1. The van der Waals surface area contributed by atoms with Crippen LogP contribution in [-0.4, -0.2) is 53.1 Å². The van der Waals surface area contributed by atoms with Gasteiger partial charge in [0.05, 0.1) is 12.2 Å². The third kappa shape index (κ3) is 6.03. The Morgan fingerprint density at radius 3 is 2.46 bits per heavy atom. The number of hydrogen-bond donors (Lipinski definition) is 2. The summed E-state index contributed by atoms with van der Waals surface area (Å²) >= 11 is 0. The molecule has 0 spiro atoms. The maximum atomic E-state index is 13.5. The fourth-order valence-electron chi connectivity index (χ4n) is 5.50. The van der Waals surface area contributed by atoms with E-state index in [0.29, 0.717) is 37.3 Å². The van der Waals surface area contributed by atoms with Crippen LogP contribution in [0.1, 0.15) is 40.9 Å². The fraction of sp³-hybridized carbons (Fsp3) is 0.333. The number of piperidine rings is 1. The lowest BCUT2D eigenvalue weighted by molar-refractivity contribution is -0.118. The number of likely N-dealkylation sites (tertiary alicyclic amines) is 1. The SMILES string of the molecule is CCOC(=O)c1ccc(NC(=O)[C@H](Cc2ccccc2)NC(=O)N2CC3C[C@H](C2)Cn2c3cccc2=O)cc1. The van der Waals surface area contributed by atoms with Crippen molar-refractivity contribution in [3.63, 3.8) is 0 Å². The van der Waals surface area contributed by atoms with Gasteiger partial charge >= 0.3 is 12.0 Å². The lowest BCUT2D eigenvalue weighted by Crippen LogP contribution is -2.55. The van der Waals surface area contributed by atoms with Crippen molar-refractivity contribution in [3.05, 3.63) is 100.0 Å². The number of amides is 3. The molecule has 3 atom stereocenters. The first-order valence-corrected chi connectivity index (χ1v) is 13.3. The van der Waals surface area contributed by atoms with Gasteiger partial charge in [-0.3, -0.25) is 9.59 Å². The topological polar surface area (TPSA) is 110 Å². The number of anilines is 1. The number of hydrogen-bond acceptors (Lipinski definition) is 5. The van der Waals surface area contributed by atoms with Crippen LogP contribution in [0.5, 0.6) is 0 Å². The minimum Gasteiger partial charge on any atom is -0.462 e. The van der Waals surface area contributed by atoms with Crippen LogP contribution in [0, 0.1) is 5.92 Å². The van der Waals surface area contributed by atoms with Crippen molar-refractivity contribution in [2.45, 2.75) is 38.3 Å². The number of rotatable bonds is 7. The number of nitrogens with one attached hydrogen (secondary N) is 2. The molecule has 2 aliphatic rings. The molecule has 2 aromatic carbocycles. The number of fused-ring (bicyclic) bond motifs is 4. The lowest BCUT2D eigenvalue weighted by Gasteiger charge is -2.43. The zero-order chi connectivity index (χ0) is 27.4. The second-order valence-corrected chi connectivity index (χ2v) is 10.1. The Kier molecular flexibility index (Phi) is 7.76. The normalized spacial score (nSPS) is 18.4. The molecule has 1 aromatic heterocycles. The molecular formula is C30H32N4O5. The largest absolute Gasteiger partial charge is 0.462 e. The van der Waals surface area contributed by atoms with E-state index in [1.807, 2.05) is 41.0 Å². The molecule has 1 unspecified atom stereocenters. The molecule has 3 heterocycles. The predicted octanol–water partition coefficient (Wildman–Crippen LogP) is 3.40. The molecule has 5 rings (SSSR count). The molecule has 1 fully saturated rings. The van der Waals surface area contributed by atoms with Crippen LogP contribution in [0.3, 0.4) is 0 Å². The number of ether oxygens (including phenoxy) is 1. The molecular weight excluding hydrogens is 496 g/mol. The number of esters is 1. The molecule has 3 amide bonds. The van der Waals surface area contributed by atoms with E-state index in [2.05, 4.69) is 10.6 Å². The van der Waals surface area contributed by atoms with E-state index in [1.54, 1.807) is 48.2 Å². The Balaban J connectivity index is 1.29. The molecule has 9 heteroatoms. The molecule has 39 heavy (non-hydrogen) atoms. The second kappa shape index (κ2) is 11.6. The molecule has 1 saturated heterocycles. The number of urea groups is 1. The van der Waals surface area contributed by atoms with E-state index in [9.17, 15) is 19.2 Å². The van der Waals surface area contributed by atoms with E-state index in [4.69, 9.17) is 4.74 Å². The zero-order valence-corrected chi connectivity index (χ0v) is 21.8. The van der Waals surface area contributed by atoms with E-state index in [-0.39, 0.29) is 35.9 Å². The smallest absolute Gasteiger partial charge is 0.338 e. The van der Waals surface area contributed by atoms with E-state index in [1.165, 1.54) is 0 Å². The van der Waals surface area contributed by atoms with E-state index in [0.717, 1.165) is 17.7 Å². The maximum absolute atomic E-state index is 13.5. The first-order chi connectivity index (χ1) is 18.9. The third-order valence-electron chi connectivity index (χ3n) is 7.33. The Morgan fingerprint density at radius 2 is 1.72 bits per heavy atom. The van der Waals surface area contributed by atoms with Crippen molar-refractivity contribution in [1.29, 1.82) is 0 Å². The van der Waals surface area contributed by atoms with Crippen molar-refractivity contribution in [2.75, 3.05) is 25.0 Å². The summed E-state index contributed by atoms with van der Waals surface area (Å²) in [5, 5.41) is 5.82. The molecule has 2 N–H and O–H groups in total. The molecule has 2 aliphatic heterocycles. The Bertz CT molecular complexity index is 1400. The van der Waals surface area contributed by atoms with Gasteiger partial charge in [-0.2, -0.15) is 0 Å². The van der Waals surface area contributed by atoms with E-state index < -0.39 is 12.0 Å². The molecule has 0 saturated carbocycles. The quantitative estimate of drug-likeness (QED) is 0.457. The summed E-state index contributed by atoms with van der Waals surface area (Å²) < 4.78 is 6.84. The first-order valence-electron chi connectivity index (χ1n) is 13.3. The molecule has 0 radical (unpaired) electrons. The predicted molar refractivity (Wildman–Crippen MR) is 147 cm³/mol.